The highest BCUT2D eigenvalue weighted by atomic mass is 35.5. The van der Waals surface area contributed by atoms with Crippen molar-refractivity contribution in [3.63, 3.8) is 0 Å². The first-order chi connectivity index (χ1) is 12.6. The van der Waals surface area contributed by atoms with Crippen LogP contribution in [0.1, 0.15) is 34.3 Å². The molecule has 1 atom stereocenters. The Morgan fingerprint density at radius 2 is 1.74 bits per heavy atom. The van der Waals surface area contributed by atoms with Crippen LogP contribution in [0.25, 0.3) is 0 Å². The largest absolute Gasteiger partial charge is 0.398 e. The third-order valence-electron chi connectivity index (χ3n) is 5.08. The standard InChI is InChI=1S/C20H19N3O3.ClH/c21-16-8-4-7-14-15(16)12-22(19(14)25)17-9-10-18(24)23(20(17)26)11-13-5-2-1-3-6-13;/h1-8,17H,9-12,21H2;1H. The fourth-order valence-electron chi connectivity index (χ4n) is 3.67. The SMILES string of the molecule is Cl.Nc1cccc2c1CN(C1CCC(=O)N(Cc3ccccc3)C1=O)C2=O. The van der Waals surface area contributed by atoms with Crippen LogP contribution in [0.15, 0.2) is 48.5 Å². The van der Waals surface area contributed by atoms with E-state index in [4.69, 9.17) is 5.73 Å². The molecule has 0 aliphatic carbocycles. The van der Waals surface area contributed by atoms with Gasteiger partial charge in [-0.2, -0.15) is 0 Å². The van der Waals surface area contributed by atoms with E-state index in [0.29, 0.717) is 24.2 Å². The molecule has 2 aliphatic heterocycles. The van der Waals surface area contributed by atoms with E-state index in [2.05, 4.69) is 0 Å². The summed E-state index contributed by atoms with van der Waals surface area (Å²) in [5.74, 6) is -0.705. The Labute approximate surface area is 163 Å². The number of nitrogens with two attached hydrogens (primary N) is 1. The number of likely N-dealkylation sites (tertiary alicyclic amines) is 1. The minimum absolute atomic E-state index is 0. The highest BCUT2D eigenvalue weighted by Gasteiger charge is 2.42. The maximum Gasteiger partial charge on any atom is 0.255 e. The fraction of sp³-hybridized carbons (Fsp3) is 0.250. The Balaban J connectivity index is 0.00000210. The molecule has 7 heteroatoms. The molecule has 2 aliphatic rings. The van der Waals surface area contributed by atoms with Gasteiger partial charge < -0.3 is 10.6 Å². The van der Waals surface area contributed by atoms with E-state index in [0.717, 1.165) is 11.1 Å². The smallest absolute Gasteiger partial charge is 0.255 e. The van der Waals surface area contributed by atoms with Gasteiger partial charge in [-0.3, -0.25) is 19.3 Å². The summed E-state index contributed by atoms with van der Waals surface area (Å²) in [6, 6.07) is 14.0. The Morgan fingerprint density at radius 1 is 1.00 bits per heavy atom. The van der Waals surface area contributed by atoms with E-state index in [1.54, 1.807) is 23.1 Å². The van der Waals surface area contributed by atoms with E-state index >= 15 is 0 Å². The van der Waals surface area contributed by atoms with Gasteiger partial charge in [-0.05, 0) is 24.1 Å². The van der Waals surface area contributed by atoms with Crippen LogP contribution in [0, 0.1) is 0 Å². The van der Waals surface area contributed by atoms with E-state index in [1.807, 2.05) is 30.3 Å². The molecular weight excluding hydrogens is 366 g/mol. The van der Waals surface area contributed by atoms with Crippen molar-refractivity contribution in [2.24, 2.45) is 0 Å². The van der Waals surface area contributed by atoms with Gasteiger partial charge >= 0.3 is 0 Å². The zero-order valence-corrected chi connectivity index (χ0v) is 15.4. The molecule has 4 rings (SSSR count). The summed E-state index contributed by atoms with van der Waals surface area (Å²) in [5.41, 5.74) is 8.73. The third-order valence-corrected chi connectivity index (χ3v) is 5.08. The first kappa shape index (κ1) is 18.9. The molecule has 0 spiro atoms. The molecule has 1 fully saturated rings. The monoisotopic (exact) mass is 385 g/mol. The van der Waals surface area contributed by atoms with Gasteiger partial charge in [0.15, 0.2) is 0 Å². The van der Waals surface area contributed by atoms with E-state index in [9.17, 15) is 14.4 Å². The molecule has 0 aromatic heterocycles. The maximum atomic E-state index is 13.0. The number of imide groups is 1. The summed E-state index contributed by atoms with van der Waals surface area (Å²) in [6.45, 7) is 0.538. The molecule has 27 heavy (non-hydrogen) atoms. The molecule has 0 saturated carbocycles. The van der Waals surface area contributed by atoms with Crippen LogP contribution in [0.5, 0.6) is 0 Å². The molecule has 1 unspecified atom stereocenters. The van der Waals surface area contributed by atoms with Crippen molar-refractivity contribution in [3.8, 4) is 0 Å². The van der Waals surface area contributed by atoms with Crippen LogP contribution >= 0.6 is 12.4 Å². The lowest BCUT2D eigenvalue weighted by Gasteiger charge is -2.35. The summed E-state index contributed by atoms with van der Waals surface area (Å²) in [6.07, 6.45) is 0.599. The number of benzene rings is 2. The number of nitrogens with zero attached hydrogens (tertiary/aromatic N) is 2. The van der Waals surface area contributed by atoms with Crippen molar-refractivity contribution in [3.05, 3.63) is 65.2 Å². The van der Waals surface area contributed by atoms with Crippen LogP contribution in [0.2, 0.25) is 0 Å². The van der Waals surface area contributed by atoms with Crippen LogP contribution < -0.4 is 5.73 Å². The van der Waals surface area contributed by atoms with Crippen molar-refractivity contribution in [1.82, 2.24) is 9.80 Å². The molecule has 0 bridgehead atoms. The van der Waals surface area contributed by atoms with Crippen LogP contribution in [0.4, 0.5) is 5.69 Å². The van der Waals surface area contributed by atoms with Crippen molar-refractivity contribution in [1.29, 1.82) is 0 Å². The fourth-order valence-corrected chi connectivity index (χ4v) is 3.67. The van der Waals surface area contributed by atoms with Gasteiger partial charge in [0.1, 0.15) is 6.04 Å². The highest BCUT2D eigenvalue weighted by Crippen LogP contribution is 2.32. The molecule has 2 aromatic rings. The quantitative estimate of drug-likeness (QED) is 0.649. The van der Waals surface area contributed by atoms with Gasteiger partial charge in [-0.15, -0.1) is 12.4 Å². The molecule has 140 valence electrons. The summed E-state index contributed by atoms with van der Waals surface area (Å²) in [4.78, 5) is 40.9. The number of amides is 3. The summed E-state index contributed by atoms with van der Waals surface area (Å²) < 4.78 is 0. The van der Waals surface area contributed by atoms with Crippen LogP contribution in [0.3, 0.4) is 0 Å². The van der Waals surface area contributed by atoms with E-state index < -0.39 is 6.04 Å². The van der Waals surface area contributed by atoms with Gasteiger partial charge in [0.05, 0.1) is 6.54 Å². The topological polar surface area (TPSA) is 83.7 Å². The number of nitrogen functional groups attached to an aromatic ring is 1. The first-order valence-electron chi connectivity index (χ1n) is 8.62. The maximum absolute atomic E-state index is 13.0. The summed E-state index contributed by atoms with van der Waals surface area (Å²) in [7, 11) is 0. The zero-order chi connectivity index (χ0) is 18.3. The van der Waals surface area contributed by atoms with Crippen molar-refractivity contribution < 1.29 is 14.4 Å². The lowest BCUT2D eigenvalue weighted by Crippen LogP contribution is -2.54. The number of rotatable bonds is 3. The Kier molecular flexibility index (Phi) is 5.19. The molecule has 3 amide bonds. The van der Waals surface area contributed by atoms with Crippen LogP contribution in [-0.2, 0) is 22.7 Å². The second-order valence-corrected chi connectivity index (χ2v) is 6.66. The normalized spacial score (nSPS) is 19.1. The van der Waals surface area contributed by atoms with Crippen molar-refractivity contribution >= 4 is 35.8 Å². The van der Waals surface area contributed by atoms with Crippen LogP contribution in [-0.4, -0.2) is 33.6 Å². The Bertz CT molecular complexity index is 901. The molecule has 0 radical (unpaired) electrons. The number of carbonyl (C=O) groups is 3. The predicted octanol–water partition coefficient (Wildman–Crippen LogP) is 2.36. The number of hydrogen-bond donors (Lipinski definition) is 1. The average Bonchev–Trinajstić information content (AvgIpc) is 2.98. The lowest BCUT2D eigenvalue weighted by molar-refractivity contribution is -0.153. The van der Waals surface area contributed by atoms with E-state index in [-0.39, 0.29) is 43.1 Å². The second-order valence-electron chi connectivity index (χ2n) is 6.66. The highest BCUT2D eigenvalue weighted by molar-refractivity contribution is 6.06. The number of anilines is 1. The molecule has 2 N–H and O–H groups in total. The molecular formula is C20H20ClN3O3. The Morgan fingerprint density at radius 3 is 2.44 bits per heavy atom. The van der Waals surface area contributed by atoms with Gasteiger partial charge in [-0.1, -0.05) is 36.4 Å². The molecule has 6 nitrogen and oxygen atoms in total. The molecule has 2 aromatic carbocycles. The second kappa shape index (κ2) is 7.40. The number of carbonyl (C=O) groups excluding carboxylic acids is 3. The van der Waals surface area contributed by atoms with Gasteiger partial charge in [-0.25, -0.2) is 0 Å². The minimum atomic E-state index is -0.629. The minimum Gasteiger partial charge on any atom is -0.398 e. The van der Waals surface area contributed by atoms with Gasteiger partial charge in [0.2, 0.25) is 5.91 Å². The zero-order valence-electron chi connectivity index (χ0n) is 14.6. The lowest BCUT2D eigenvalue weighted by atomic mass is 10.0. The molecule has 2 heterocycles. The van der Waals surface area contributed by atoms with Gasteiger partial charge in [0, 0.05) is 29.8 Å². The first-order valence-corrected chi connectivity index (χ1v) is 8.62. The average molecular weight is 386 g/mol. The number of piperidine rings is 1. The number of halogens is 1. The Hall–Kier alpha value is -2.86. The van der Waals surface area contributed by atoms with E-state index in [1.165, 1.54) is 4.90 Å². The third kappa shape index (κ3) is 3.28. The van der Waals surface area contributed by atoms with Gasteiger partial charge in [0.25, 0.3) is 11.8 Å². The summed E-state index contributed by atoms with van der Waals surface area (Å²) in [5, 5.41) is 0. The summed E-state index contributed by atoms with van der Waals surface area (Å²) >= 11 is 0. The number of fused-ring (bicyclic) bond motifs is 1. The molecule has 1 saturated heterocycles. The number of hydrogen-bond acceptors (Lipinski definition) is 4. The van der Waals surface area contributed by atoms with Crippen molar-refractivity contribution in [2.45, 2.75) is 32.0 Å². The predicted molar refractivity (Wildman–Crippen MR) is 103 cm³/mol. The van der Waals surface area contributed by atoms with Crippen molar-refractivity contribution in [2.75, 3.05) is 5.73 Å².